The van der Waals surface area contributed by atoms with Crippen molar-refractivity contribution in [2.75, 3.05) is 6.54 Å². The summed E-state index contributed by atoms with van der Waals surface area (Å²) in [4.78, 5) is 37.5. The van der Waals surface area contributed by atoms with Gasteiger partial charge < -0.3 is 15.3 Å². The molecular formula is C16H20N2O4. The Hall–Kier alpha value is -2.37. The summed E-state index contributed by atoms with van der Waals surface area (Å²) in [7, 11) is 0. The molecule has 1 aliphatic rings. The van der Waals surface area contributed by atoms with Gasteiger partial charge in [-0.15, -0.1) is 0 Å². The molecule has 1 aromatic rings. The number of benzene rings is 1. The first-order valence-corrected chi connectivity index (χ1v) is 7.27. The average Bonchev–Trinajstić information content (AvgIpc) is 2.90. The van der Waals surface area contributed by atoms with Crippen LogP contribution in [0.25, 0.3) is 0 Å². The summed E-state index contributed by atoms with van der Waals surface area (Å²) in [6.45, 7) is 3.58. The maximum atomic E-state index is 12.6. The van der Waals surface area contributed by atoms with Crippen LogP contribution in [0.4, 0.5) is 0 Å². The molecule has 1 fully saturated rings. The van der Waals surface area contributed by atoms with Gasteiger partial charge in [-0.3, -0.25) is 14.4 Å². The van der Waals surface area contributed by atoms with Crippen molar-refractivity contribution in [3.63, 3.8) is 0 Å². The lowest BCUT2D eigenvalue weighted by Crippen LogP contribution is -2.57. The Balaban J connectivity index is 2.20. The van der Waals surface area contributed by atoms with E-state index >= 15 is 0 Å². The molecule has 2 rings (SSSR count). The number of nitrogens with zero attached hydrogens (tertiary/aromatic N) is 1. The molecule has 1 heterocycles. The number of hydrogen-bond donors (Lipinski definition) is 2. The van der Waals surface area contributed by atoms with E-state index in [0.29, 0.717) is 24.9 Å². The van der Waals surface area contributed by atoms with Crippen LogP contribution in [-0.4, -0.2) is 45.9 Å². The van der Waals surface area contributed by atoms with E-state index in [1.54, 1.807) is 31.2 Å². The number of nitrogens with one attached hydrogen (secondary N) is 1. The van der Waals surface area contributed by atoms with Crippen LogP contribution in [0.1, 0.15) is 37.0 Å². The Labute approximate surface area is 129 Å². The van der Waals surface area contributed by atoms with Crippen LogP contribution in [0.3, 0.4) is 0 Å². The van der Waals surface area contributed by atoms with Gasteiger partial charge in [0.1, 0.15) is 11.6 Å². The van der Waals surface area contributed by atoms with Gasteiger partial charge in [0.15, 0.2) is 0 Å². The molecule has 6 nitrogen and oxygen atoms in total. The minimum atomic E-state index is -1.10. The Morgan fingerprint density at radius 1 is 1.27 bits per heavy atom. The van der Waals surface area contributed by atoms with Crippen LogP contribution in [-0.2, 0) is 9.59 Å². The van der Waals surface area contributed by atoms with Crippen molar-refractivity contribution in [3.8, 4) is 0 Å². The summed E-state index contributed by atoms with van der Waals surface area (Å²) in [5, 5.41) is 11.4. The van der Waals surface area contributed by atoms with Crippen LogP contribution in [0.5, 0.6) is 0 Å². The maximum Gasteiger partial charge on any atom is 0.325 e. The fourth-order valence-corrected chi connectivity index (χ4v) is 2.68. The molecule has 0 spiro atoms. The Bertz CT molecular complexity index is 587. The zero-order valence-electron chi connectivity index (χ0n) is 12.7. The molecule has 0 aliphatic carbocycles. The first-order chi connectivity index (χ1) is 10.4. The maximum absolute atomic E-state index is 12.6. The van der Waals surface area contributed by atoms with Crippen LogP contribution >= 0.6 is 0 Å². The number of carbonyl (C=O) groups excluding carboxylic acids is 2. The smallest absolute Gasteiger partial charge is 0.325 e. The van der Waals surface area contributed by atoms with E-state index in [2.05, 4.69) is 5.32 Å². The van der Waals surface area contributed by atoms with Gasteiger partial charge in [-0.25, -0.2) is 0 Å². The number of likely N-dealkylation sites (tertiary alicyclic amines) is 1. The standard InChI is InChI=1S/C16H20N2O4/c1-11(14(20)21)17-15(22)16(2)9-6-10-18(16)13(19)12-7-4-3-5-8-12/h3-5,7-8,11H,6,9-10H2,1-2H3,(H,17,22)(H,20,21). The number of hydrogen-bond acceptors (Lipinski definition) is 3. The molecule has 118 valence electrons. The number of carbonyl (C=O) groups is 3. The van der Waals surface area contributed by atoms with E-state index in [9.17, 15) is 14.4 Å². The summed E-state index contributed by atoms with van der Waals surface area (Å²) >= 11 is 0. The highest BCUT2D eigenvalue weighted by Gasteiger charge is 2.46. The highest BCUT2D eigenvalue weighted by Crippen LogP contribution is 2.31. The molecular weight excluding hydrogens is 284 g/mol. The van der Waals surface area contributed by atoms with Crippen molar-refractivity contribution in [1.82, 2.24) is 10.2 Å². The first-order valence-electron chi connectivity index (χ1n) is 7.27. The third kappa shape index (κ3) is 2.95. The van der Waals surface area contributed by atoms with Crippen molar-refractivity contribution >= 4 is 17.8 Å². The normalized spacial score (nSPS) is 22.2. The molecule has 0 radical (unpaired) electrons. The SMILES string of the molecule is CC(NC(=O)C1(C)CCCN1C(=O)c1ccccc1)C(=O)O. The van der Waals surface area contributed by atoms with E-state index in [0.717, 1.165) is 0 Å². The largest absolute Gasteiger partial charge is 0.480 e. The molecule has 1 saturated heterocycles. The second-order valence-corrected chi connectivity index (χ2v) is 5.73. The first kappa shape index (κ1) is 16.0. The third-order valence-electron chi connectivity index (χ3n) is 4.11. The van der Waals surface area contributed by atoms with Crippen molar-refractivity contribution in [2.45, 2.75) is 38.3 Å². The minimum Gasteiger partial charge on any atom is -0.480 e. The summed E-state index contributed by atoms with van der Waals surface area (Å²) in [5.41, 5.74) is -0.494. The van der Waals surface area contributed by atoms with Gasteiger partial charge in [-0.05, 0) is 38.8 Å². The lowest BCUT2D eigenvalue weighted by molar-refractivity contribution is -0.143. The molecule has 2 N–H and O–H groups in total. The molecule has 2 unspecified atom stereocenters. The lowest BCUT2D eigenvalue weighted by Gasteiger charge is -2.34. The van der Waals surface area contributed by atoms with Crippen LogP contribution in [0.15, 0.2) is 30.3 Å². The predicted molar refractivity (Wildman–Crippen MR) is 80.4 cm³/mol. The highest BCUT2D eigenvalue weighted by molar-refractivity contribution is 6.00. The fraction of sp³-hybridized carbons (Fsp3) is 0.438. The molecule has 1 aliphatic heterocycles. The van der Waals surface area contributed by atoms with Gasteiger partial charge in [0.2, 0.25) is 5.91 Å². The number of rotatable bonds is 4. The summed E-state index contributed by atoms with van der Waals surface area (Å²) < 4.78 is 0. The highest BCUT2D eigenvalue weighted by atomic mass is 16.4. The monoisotopic (exact) mass is 304 g/mol. The molecule has 1 aromatic carbocycles. The summed E-state index contributed by atoms with van der Waals surface area (Å²) in [6, 6.07) is 7.79. The second-order valence-electron chi connectivity index (χ2n) is 5.73. The second kappa shape index (κ2) is 6.17. The molecule has 2 amide bonds. The van der Waals surface area contributed by atoms with Gasteiger partial charge in [0.05, 0.1) is 0 Å². The van der Waals surface area contributed by atoms with Crippen molar-refractivity contribution in [2.24, 2.45) is 0 Å². The molecule has 22 heavy (non-hydrogen) atoms. The number of carboxylic acids is 1. The Morgan fingerprint density at radius 3 is 2.50 bits per heavy atom. The zero-order chi connectivity index (χ0) is 16.3. The molecule has 0 saturated carbocycles. The van der Waals surface area contributed by atoms with E-state index in [4.69, 9.17) is 5.11 Å². The topological polar surface area (TPSA) is 86.7 Å². The Morgan fingerprint density at radius 2 is 1.91 bits per heavy atom. The third-order valence-corrected chi connectivity index (χ3v) is 4.11. The van der Waals surface area contributed by atoms with Crippen LogP contribution in [0, 0.1) is 0 Å². The van der Waals surface area contributed by atoms with E-state index in [1.807, 2.05) is 6.07 Å². The molecule has 0 aromatic heterocycles. The van der Waals surface area contributed by atoms with Crippen molar-refractivity contribution in [3.05, 3.63) is 35.9 Å². The number of aliphatic carboxylic acids is 1. The van der Waals surface area contributed by atoms with E-state index < -0.39 is 23.5 Å². The number of amides is 2. The molecule has 0 bridgehead atoms. The van der Waals surface area contributed by atoms with Gasteiger partial charge in [-0.1, -0.05) is 18.2 Å². The lowest BCUT2D eigenvalue weighted by atomic mass is 9.96. The zero-order valence-corrected chi connectivity index (χ0v) is 12.7. The van der Waals surface area contributed by atoms with Gasteiger partial charge in [0, 0.05) is 12.1 Å². The van der Waals surface area contributed by atoms with E-state index in [1.165, 1.54) is 11.8 Å². The van der Waals surface area contributed by atoms with E-state index in [-0.39, 0.29) is 5.91 Å². The quantitative estimate of drug-likeness (QED) is 0.877. The predicted octanol–water partition coefficient (Wildman–Crippen LogP) is 1.27. The summed E-state index contributed by atoms with van der Waals surface area (Å²) in [6.07, 6.45) is 1.23. The average molecular weight is 304 g/mol. The van der Waals surface area contributed by atoms with Gasteiger partial charge in [0.25, 0.3) is 5.91 Å². The van der Waals surface area contributed by atoms with Crippen molar-refractivity contribution in [1.29, 1.82) is 0 Å². The van der Waals surface area contributed by atoms with Crippen LogP contribution < -0.4 is 5.32 Å². The fourth-order valence-electron chi connectivity index (χ4n) is 2.68. The van der Waals surface area contributed by atoms with Crippen LogP contribution in [0.2, 0.25) is 0 Å². The molecule has 2 atom stereocenters. The van der Waals surface area contributed by atoms with Crippen molar-refractivity contribution < 1.29 is 19.5 Å². The minimum absolute atomic E-state index is 0.210. The summed E-state index contributed by atoms with van der Waals surface area (Å²) in [5.74, 6) is -1.74. The van der Waals surface area contributed by atoms with Gasteiger partial charge in [-0.2, -0.15) is 0 Å². The molecule has 6 heteroatoms. The van der Waals surface area contributed by atoms with Gasteiger partial charge >= 0.3 is 5.97 Å². The number of carboxylic acid groups (broad SMARTS) is 1. The Kier molecular flexibility index (Phi) is 4.49.